The van der Waals surface area contributed by atoms with E-state index < -0.39 is 0 Å². The molecule has 182 valence electrons. The molecule has 0 heterocycles. The van der Waals surface area contributed by atoms with Crippen molar-refractivity contribution in [1.29, 1.82) is 0 Å². The molecule has 0 fully saturated rings. The maximum atomic E-state index is 9.15. The number of aryl methyl sites for hydroxylation is 2. The van der Waals surface area contributed by atoms with Gasteiger partial charge in [-0.1, -0.05) is 115 Å². The first kappa shape index (κ1) is 31.7. The van der Waals surface area contributed by atoms with E-state index in [9.17, 15) is 0 Å². The Hall–Kier alpha value is -1.34. The average Bonchev–Trinajstić information content (AvgIpc) is 2.81. The molecular weight excluding hydrogens is 458 g/mol. The van der Waals surface area contributed by atoms with Gasteiger partial charge in [0.2, 0.25) is 0 Å². The Morgan fingerprint density at radius 3 is 1.00 bits per heavy atom. The third kappa shape index (κ3) is 18.7. The van der Waals surface area contributed by atoms with Gasteiger partial charge < -0.3 is 10.2 Å². The molecule has 0 bridgehead atoms. The quantitative estimate of drug-likeness (QED) is 0.176. The fraction of sp³-hybridized carbons (Fsp3) is 0.600. The minimum absolute atomic E-state index is 0. The number of unbranched alkanes of at least 4 members (excludes halogenated alkanes) is 12. The predicted molar refractivity (Wildman–Crippen MR) is 140 cm³/mol. The summed E-state index contributed by atoms with van der Waals surface area (Å²) in [6.07, 6.45) is 21.3. The maximum absolute atomic E-state index is 9.15. The van der Waals surface area contributed by atoms with Crippen LogP contribution in [0.2, 0.25) is 0 Å². The normalized spacial score (nSPS) is 10.2. The number of phenols is 2. The van der Waals surface area contributed by atoms with Crippen LogP contribution < -0.4 is 0 Å². The van der Waals surface area contributed by atoms with Gasteiger partial charge >= 0.3 is 0 Å². The summed E-state index contributed by atoms with van der Waals surface area (Å²) in [7, 11) is 0. The van der Waals surface area contributed by atoms with Gasteiger partial charge in [-0.2, -0.15) is 0 Å². The van der Waals surface area contributed by atoms with Gasteiger partial charge in [0, 0.05) is 19.5 Å². The van der Waals surface area contributed by atoms with Gasteiger partial charge in [0.1, 0.15) is 11.5 Å². The molecular formula is C30H48O2Zn. The summed E-state index contributed by atoms with van der Waals surface area (Å²) in [5.74, 6) is 0.728. The van der Waals surface area contributed by atoms with Crippen LogP contribution in [0, 0.1) is 0 Å². The molecule has 2 rings (SSSR count). The largest absolute Gasteiger partial charge is 0.508 e. The minimum atomic E-state index is 0. The summed E-state index contributed by atoms with van der Waals surface area (Å²) in [4.78, 5) is 0. The van der Waals surface area contributed by atoms with Crippen molar-refractivity contribution < 1.29 is 29.7 Å². The van der Waals surface area contributed by atoms with Crippen LogP contribution in [0.3, 0.4) is 0 Å². The number of hydrogen-bond donors (Lipinski definition) is 2. The van der Waals surface area contributed by atoms with Crippen LogP contribution in [0.5, 0.6) is 11.5 Å². The molecule has 2 aromatic carbocycles. The molecule has 0 atom stereocenters. The molecule has 3 heteroatoms. The fourth-order valence-electron chi connectivity index (χ4n) is 3.90. The van der Waals surface area contributed by atoms with E-state index >= 15 is 0 Å². The molecule has 2 aromatic rings. The van der Waals surface area contributed by atoms with E-state index in [2.05, 4.69) is 13.8 Å². The second-order valence-electron chi connectivity index (χ2n) is 9.08. The van der Waals surface area contributed by atoms with Gasteiger partial charge in [-0.3, -0.25) is 0 Å². The van der Waals surface area contributed by atoms with Crippen molar-refractivity contribution in [2.75, 3.05) is 0 Å². The predicted octanol–water partition coefficient (Wildman–Crippen LogP) is 9.37. The summed E-state index contributed by atoms with van der Waals surface area (Å²) in [5.41, 5.74) is 2.68. The molecule has 0 saturated carbocycles. The van der Waals surface area contributed by atoms with Gasteiger partial charge in [0.25, 0.3) is 0 Å². The van der Waals surface area contributed by atoms with Crippen LogP contribution in [0.1, 0.15) is 115 Å². The van der Waals surface area contributed by atoms with E-state index in [-0.39, 0.29) is 19.5 Å². The van der Waals surface area contributed by atoms with Gasteiger partial charge in [-0.15, -0.1) is 0 Å². The van der Waals surface area contributed by atoms with E-state index in [4.69, 9.17) is 10.2 Å². The summed E-state index contributed by atoms with van der Waals surface area (Å²) in [6, 6.07) is 15.2. The Bertz CT molecular complexity index is 593. The summed E-state index contributed by atoms with van der Waals surface area (Å²) >= 11 is 0. The average molecular weight is 506 g/mol. The van der Waals surface area contributed by atoms with Crippen molar-refractivity contribution in [1.82, 2.24) is 0 Å². The molecule has 0 radical (unpaired) electrons. The number of hydrogen-bond acceptors (Lipinski definition) is 2. The van der Waals surface area contributed by atoms with Crippen LogP contribution in [0.15, 0.2) is 48.5 Å². The standard InChI is InChI=1S/2C15H24O.Zn/c2*1-2-3-4-5-6-7-8-9-14-10-12-15(16)13-11-14;/h2*10-13,16H,2-9H2,1H3;. The zero-order valence-electron chi connectivity index (χ0n) is 21.5. The van der Waals surface area contributed by atoms with Crippen LogP contribution in [-0.2, 0) is 32.3 Å². The molecule has 0 spiro atoms. The third-order valence-corrected chi connectivity index (χ3v) is 6.01. The first-order valence-electron chi connectivity index (χ1n) is 13.2. The third-order valence-electron chi connectivity index (χ3n) is 6.01. The summed E-state index contributed by atoms with van der Waals surface area (Å²) in [6.45, 7) is 4.51. The molecule has 2 nitrogen and oxygen atoms in total. The number of rotatable bonds is 16. The minimum Gasteiger partial charge on any atom is -0.508 e. The number of aromatic hydroxyl groups is 2. The molecule has 0 unspecified atom stereocenters. The Kier molecular flexibility index (Phi) is 21.5. The molecule has 0 aliphatic rings. The van der Waals surface area contributed by atoms with Crippen molar-refractivity contribution in [3.63, 3.8) is 0 Å². The maximum Gasteiger partial charge on any atom is 0.115 e. The van der Waals surface area contributed by atoms with Gasteiger partial charge in [0.05, 0.1) is 0 Å². The second kappa shape index (κ2) is 22.5. The van der Waals surface area contributed by atoms with E-state index in [0.29, 0.717) is 11.5 Å². The van der Waals surface area contributed by atoms with E-state index in [1.807, 2.05) is 24.3 Å². The van der Waals surface area contributed by atoms with Crippen LogP contribution >= 0.6 is 0 Å². The number of benzene rings is 2. The van der Waals surface area contributed by atoms with Crippen LogP contribution in [0.4, 0.5) is 0 Å². The molecule has 0 aliphatic carbocycles. The monoisotopic (exact) mass is 504 g/mol. The smallest absolute Gasteiger partial charge is 0.115 e. The Labute approximate surface area is 217 Å². The van der Waals surface area contributed by atoms with Gasteiger partial charge in [-0.25, -0.2) is 0 Å². The molecule has 0 amide bonds. The zero-order valence-corrected chi connectivity index (χ0v) is 24.5. The Morgan fingerprint density at radius 1 is 0.424 bits per heavy atom. The van der Waals surface area contributed by atoms with Crippen molar-refractivity contribution in [3.8, 4) is 11.5 Å². The first-order chi connectivity index (χ1) is 15.7. The molecule has 0 saturated heterocycles. The summed E-state index contributed by atoms with van der Waals surface area (Å²) < 4.78 is 0. The topological polar surface area (TPSA) is 40.5 Å². The van der Waals surface area contributed by atoms with E-state index in [0.717, 1.165) is 12.8 Å². The van der Waals surface area contributed by atoms with Gasteiger partial charge in [-0.05, 0) is 61.1 Å². The van der Waals surface area contributed by atoms with E-state index in [1.165, 1.54) is 101 Å². The Balaban J connectivity index is 0.000000602. The van der Waals surface area contributed by atoms with Crippen molar-refractivity contribution in [2.45, 2.75) is 117 Å². The first-order valence-corrected chi connectivity index (χ1v) is 13.2. The molecule has 0 aromatic heterocycles. The van der Waals surface area contributed by atoms with Crippen LogP contribution in [-0.4, -0.2) is 10.2 Å². The van der Waals surface area contributed by atoms with Crippen LogP contribution in [0.25, 0.3) is 0 Å². The van der Waals surface area contributed by atoms with Crippen molar-refractivity contribution in [2.24, 2.45) is 0 Å². The Morgan fingerprint density at radius 2 is 0.697 bits per heavy atom. The van der Waals surface area contributed by atoms with E-state index in [1.54, 1.807) is 24.3 Å². The molecule has 0 aliphatic heterocycles. The van der Waals surface area contributed by atoms with Crippen molar-refractivity contribution in [3.05, 3.63) is 59.7 Å². The fourth-order valence-corrected chi connectivity index (χ4v) is 3.90. The summed E-state index contributed by atoms with van der Waals surface area (Å²) in [5, 5.41) is 18.3. The molecule has 33 heavy (non-hydrogen) atoms. The van der Waals surface area contributed by atoms with Gasteiger partial charge in [0.15, 0.2) is 0 Å². The zero-order chi connectivity index (χ0) is 23.3. The van der Waals surface area contributed by atoms with Crippen molar-refractivity contribution >= 4 is 0 Å². The second-order valence-corrected chi connectivity index (χ2v) is 9.08. The SMILES string of the molecule is CCCCCCCCCc1ccc(O)cc1.CCCCCCCCCc1ccc(O)cc1.[Zn]. The number of phenolic OH excluding ortho intramolecular Hbond substituents is 2. The molecule has 2 N–H and O–H groups in total.